The van der Waals surface area contributed by atoms with Gasteiger partial charge in [-0.1, -0.05) is 0 Å². The van der Waals surface area contributed by atoms with E-state index in [1.807, 2.05) is 6.26 Å². The van der Waals surface area contributed by atoms with Crippen LogP contribution in [0.2, 0.25) is 0 Å². The zero-order valence-electron chi connectivity index (χ0n) is 7.87. The number of aldehydes is 1. The summed E-state index contributed by atoms with van der Waals surface area (Å²) in [6.07, 6.45) is -2.41. The molecule has 84 valence electrons. The number of thioether (sulfide) groups is 1. The lowest BCUT2D eigenvalue weighted by Gasteiger charge is -2.11. The van der Waals surface area contributed by atoms with Crippen molar-refractivity contribution < 1.29 is 23.8 Å². The molecule has 0 heterocycles. The largest absolute Gasteiger partial charge is 0.457 e. The van der Waals surface area contributed by atoms with Gasteiger partial charge in [0, 0.05) is 4.90 Å². The molecule has 0 aliphatic heterocycles. The molecule has 1 aromatic rings. The average molecular weight is 236 g/mol. The first kappa shape index (κ1) is 13.9. The fraction of sp³-hybridized carbons (Fsp3) is 0.222. The molecule has 0 saturated carbocycles. The van der Waals surface area contributed by atoms with Crippen molar-refractivity contribution in [2.24, 2.45) is 0 Å². The average Bonchev–Trinajstić information content (AvgIpc) is 2.19. The number of halogens is 2. The number of benzene rings is 1. The van der Waals surface area contributed by atoms with Gasteiger partial charge in [-0.05, 0) is 30.5 Å². The lowest BCUT2D eigenvalue weighted by atomic mass is 10.3. The topological polar surface area (TPSA) is 57.8 Å². The Balaban J connectivity index is 0.00000196. The van der Waals surface area contributed by atoms with E-state index >= 15 is 0 Å². The molecule has 0 unspecified atom stereocenters. The van der Waals surface area contributed by atoms with Crippen LogP contribution in [0.15, 0.2) is 29.2 Å². The van der Waals surface area contributed by atoms with Crippen molar-refractivity contribution in [3.8, 4) is 5.75 Å². The van der Waals surface area contributed by atoms with Crippen molar-refractivity contribution >= 4 is 18.0 Å². The van der Waals surface area contributed by atoms with E-state index in [1.165, 1.54) is 23.9 Å². The van der Waals surface area contributed by atoms with Crippen LogP contribution in [0.5, 0.6) is 5.75 Å². The van der Waals surface area contributed by atoms with Gasteiger partial charge in [0.1, 0.15) is 5.75 Å². The van der Waals surface area contributed by atoms with Gasteiger partial charge in [0.25, 0.3) is 0 Å². The second-order valence-corrected chi connectivity index (χ2v) is 3.34. The van der Waals surface area contributed by atoms with Crippen LogP contribution in [-0.2, 0) is 4.79 Å². The fourth-order valence-corrected chi connectivity index (χ4v) is 1.23. The molecule has 0 spiro atoms. The Kier molecular flexibility index (Phi) is 5.24. The van der Waals surface area contributed by atoms with Crippen molar-refractivity contribution in [1.82, 2.24) is 0 Å². The molecule has 0 aliphatic carbocycles. The Labute approximate surface area is 89.7 Å². The van der Waals surface area contributed by atoms with Gasteiger partial charge in [-0.25, -0.2) is 0 Å². The third-order valence-electron chi connectivity index (χ3n) is 1.45. The highest BCUT2D eigenvalue weighted by molar-refractivity contribution is 7.98. The molecule has 0 radical (unpaired) electrons. The molecule has 0 saturated heterocycles. The number of alkyl halides is 2. The van der Waals surface area contributed by atoms with E-state index in [-0.39, 0.29) is 11.2 Å². The summed E-state index contributed by atoms with van der Waals surface area (Å²) in [4.78, 5) is 10.8. The van der Waals surface area contributed by atoms with Gasteiger partial charge in [0.05, 0.1) is 0 Å². The summed E-state index contributed by atoms with van der Waals surface area (Å²) in [6.45, 7) is 0. The van der Waals surface area contributed by atoms with Gasteiger partial charge in [0.15, 0.2) is 0 Å². The van der Waals surface area contributed by atoms with Crippen LogP contribution in [0.25, 0.3) is 0 Å². The third-order valence-corrected chi connectivity index (χ3v) is 2.19. The molecule has 1 aromatic carbocycles. The van der Waals surface area contributed by atoms with Crippen LogP contribution in [-0.4, -0.2) is 24.1 Å². The summed E-state index contributed by atoms with van der Waals surface area (Å²) in [6, 6.07) is 6.06. The highest BCUT2D eigenvalue weighted by atomic mass is 32.2. The maximum absolute atomic E-state index is 12.4. The molecule has 6 heteroatoms. The molecule has 0 amide bonds. The van der Waals surface area contributed by atoms with Gasteiger partial charge >= 0.3 is 6.11 Å². The smallest absolute Gasteiger partial charge is 0.427 e. The van der Waals surface area contributed by atoms with Gasteiger partial charge in [-0.3, -0.25) is 4.79 Å². The molecule has 0 aliphatic rings. The molecule has 1 rings (SSSR count). The summed E-state index contributed by atoms with van der Waals surface area (Å²) < 4.78 is 29.0. The second-order valence-electron chi connectivity index (χ2n) is 2.46. The van der Waals surface area contributed by atoms with E-state index in [1.54, 1.807) is 12.1 Å². The predicted octanol–water partition coefficient (Wildman–Crippen LogP) is 1.75. The monoisotopic (exact) mass is 236 g/mol. The molecule has 0 aromatic heterocycles. The SMILES string of the molecule is CSc1ccc(OC(F)(F)C=O)cc1.O. The van der Waals surface area contributed by atoms with Crippen LogP contribution in [0.3, 0.4) is 0 Å². The van der Waals surface area contributed by atoms with Crippen LogP contribution < -0.4 is 4.74 Å². The van der Waals surface area contributed by atoms with Crippen LogP contribution >= 0.6 is 11.8 Å². The predicted molar refractivity (Wildman–Crippen MR) is 53.5 cm³/mol. The highest BCUT2D eigenvalue weighted by Crippen LogP contribution is 2.23. The highest BCUT2D eigenvalue weighted by Gasteiger charge is 2.30. The molecular formula is C9H10F2O3S. The first-order valence-corrected chi connectivity index (χ1v) is 4.97. The van der Waals surface area contributed by atoms with Gasteiger partial charge in [-0.15, -0.1) is 11.8 Å². The first-order chi connectivity index (χ1) is 6.57. The number of hydrogen-bond donors (Lipinski definition) is 0. The molecule has 0 atom stereocenters. The van der Waals surface area contributed by atoms with E-state index in [2.05, 4.69) is 4.74 Å². The summed E-state index contributed by atoms with van der Waals surface area (Å²) in [5.41, 5.74) is 0. The molecule has 3 nitrogen and oxygen atoms in total. The van der Waals surface area contributed by atoms with E-state index in [9.17, 15) is 13.6 Å². The summed E-state index contributed by atoms with van der Waals surface area (Å²) in [5.74, 6) is -0.0279. The standard InChI is InChI=1S/C9H8F2O2S.H2O/c1-14-8-4-2-7(3-5-8)13-9(10,11)6-12;/h2-6H,1H3;1H2. The fourth-order valence-electron chi connectivity index (χ4n) is 0.825. The summed E-state index contributed by atoms with van der Waals surface area (Å²) in [5, 5.41) is 0. The molecule has 15 heavy (non-hydrogen) atoms. The van der Waals surface area contributed by atoms with Gasteiger partial charge in [0.2, 0.25) is 6.29 Å². The van der Waals surface area contributed by atoms with Crippen molar-refractivity contribution in [3.05, 3.63) is 24.3 Å². The Morgan fingerprint density at radius 3 is 2.27 bits per heavy atom. The van der Waals surface area contributed by atoms with E-state index in [0.717, 1.165) is 4.90 Å². The van der Waals surface area contributed by atoms with E-state index < -0.39 is 12.4 Å². The minimum absolute atomic E-state index is 0. The maximum Gasteiger partial charge on any atom is 0.457 e. The minimum Gasteiger partial charge on any atom is -0.427 e. The molecule has 2 N–H and O–H groups in total. The molecule has 0 bridgehead atoms. The number of carbonyl (C=O) groups excluding carboxylic acids is 1. The molecular weight excluding hydrogens is 226 g/mol. The van der Waals surface area contributed by atoms with E-state index in [0.29, 0.717) is 0 Å². The van der Waals surface area contributed by atoms with Crippen LogP contribution in [0, 0.1) is 0 Å². The quantitative estimate of drug-likeness (QED) is 0.591. The Morgan fingerprint density at radius 1 is 1.33 bits per heavy atom. The number of ether oxygens (including phenoxy) is 1. The first-order valence-electron chi connectivity index (χ1n) is 3.74. The molecule has 0 fully saturated rings. The number of hydrogen-bond acceptors (Lipinski definition) is 3. The lowest BCUT2D eigenvalue weighted by Crippen LogP contribution is -2.26. The van der Waals surface area contributed by atoms with E-state index in [4.69, 9.17) is 0 Å². The lowest BCUT2D eigenvalue weighted by molar-refractivity contribution is -0.176. The Hall–Kier alpha value is -1.14. The van der Waals surface area contributed by atoms with Gasteiger partial charge in [-0.2, -0.15) is 8.78 Å². The second kappa shape index (κ2) is 5.67. The Morgan fingerprint density at radius 2 is 1.87 bits per heavy atom. The van der Waals surface area contributed by atoms with Crippen LogP contribution in [0.1, 0.15) is 0 Å². The normalized spacial score (nSPS) is 10.3. The number of carbonyl (C=O) groups is 1. The van der Waals surface area contributed by atoms with Crippen molar-refractivity contribution in [2.45, 2.75) is 11.0 Å². The maximum atomic E-state index is 12.4. The van der Waals surface area contributed by atoms with Crippen molar-refractivity contribution in [2.75, 3.05) is 6.26 Å². The third kappa shape index (κ3) is 4.26. The van der Waals surface area contributed by atoms with Crippen LogP contribution in [0.4, 0.5) is 8.78 Å². The summed E-state index contributed by atoms with van der Waals surface area (Å²) in [7, 11) is 0. The summed E-state index contributed by atoms with van der Waals surface area (Å²) >= 11 is 1.49. The van der Waals surface area contributed by atoms with Crippen molar-refractivity contribution in [1.29, 1.82) is 0 Å². The zero-order chi connectivity index (χ0) is 10.6. The van der Waals surface area contributed by atoms with Gasteiger partial charge < -0.3 is 10.2 Å². The van der Waals surface area contributed by atoms with Crippen molar-refractivity contribution in [3.63, 3.8) is 0 Å². The number of rotatable bonds is 4. The Bertz CT molecular complexity index is 314. The minimum atomic E-state index is -3.75. The zero-order valence-corrected chi connectivity index (χ0v) is 8.68.